The van der Waals surface area contributed by atoms with Gasteiger partial charge in [0, 0.05) is 12.0 Å². The van der Waals surface area contributed by atoms with Crippen molar-refractivity contribution >= 4 is 17.3 Å². The Morgan fingerprint density at radius 3 is 2.74 bits per heavy atom. The smallest absolute Gasteiger partial charge is 0.220 e. The highest BCUT2D eigenvalue weighted by Gasteiger charge is 2.45. The fraction of sp³-hybridized carbons (Fsp3) is 0.500. The van der Waals surface area contributed by atoms with Gasteiger partial charge in [-0.1, -0.05) is 13.8 Å². The first kappa shape index (κ1) is 12.3. The van der Waals surface area contributed by atoms with Gasteiger partial charge in [-0.15, -0.1) is 0 Å². The molecule has 0 amide bonds. The largest absolute Gasteiger partial charge is 0.393 e. The van der Waals surface area contributed by atoms with Crippen LogP contribution in [0.5, 0.6) is 0 Å². The van der Waals surface area contributed by atoms with Crippen molar-refractivity contribution in [1.82, 2.24) is 9.97 Å². The van der Waals surface area contributed by atoms with Crippen molar-refractivity contribution in [2.24, 2.45) is 5.41 Å². The molecule has 0 saturated carbocycles. The van der Waals surface area contributed by atoms with Crippen LogP contribution in [-0.2, 0) is 0 Å². The molecule has 0 fully saturated rings. The van der Waals surface area contributed by atoms with Crippen LogP contribution in [0.25, 0.3) is 5.57 Å². The number of hydrogen-bond acceptors (Lipinski definition) is 5. The number of allylic oxidation sites excluding steroid dienone is 1. The second-order valence-corrected chi connectivity index (χ2v) is 6.02. The molecular formula is C14H17N3O2. The van der Waals surface area contributed by atoms with Crippen molar-refractivity contribution in [2.75, 3.05) is 5.73 Å². The zero-order valence-electron chi connectivity index (χ0n) is 11.3. The number of hydrogen-bond donors (Lipinski definition) is 2. The summed E-state index contributed by atoms with van der Waals surface area (Å²) >= 11 is 0. The van der Waals surface area contributed by atoms with Crippen LogP contribution in [0, 0.1) is 12.3 Å². The Balaban J connectivity index is 2.28. The lowest BCUT2D eigenvalue weighted by molar-refractivity contribution is 0.0950. The number of ketones is 1. The highest BCUT2D eigenvalue weighted by atomic mass is 16.3. The van der Waals surface area contributed by atoms with E-state index in [1.807, 2.05) is 13.8 Å². The third-order valence-corrected chi connectivity index (χ3v) is 4.01. The van der Waals surface area contributed by atoms with Crippen LogP contribution in [0.15, 0.2) is 5.57 Å². The molecule has 3 N–H and O–H groups in total. The van der Waals surface area contributed by atoms with E-state index in [4.69, 9.17) is 5.73 Å². The van der Waals surface area contributed by atoms with Crippen LogP contribution >= 0.6 is 0 Å². The van der Waals surface area contributed by atoms with Gasteiger partial charge < -0.3 is 10.8 Å². The first-order valence-electron chi connectivity index (χ1n) is 6.42. The summed E-state index contributed by atoms with van der Waals surface area (Å²) in [6.07, 6.45) is 0.616. The summed E-state index contributed by atoms with van der Waals surface area (Å²) in [4.78, 5) is 20.9. The maximum absolute atomic E-state index is 12.6. The van der Waals surface area contributed by atoms with E-state index >= 15 is 0 Å². The molecule has 1 aromatic heterocycles. The molecule has 1 aromatic rings. The van der Waals surface area contributed by atoms with Crippen molar-refractivity contribution in [1.29, 1.82) is 0 Å². The number of Topliss-reactive ketones (excluding diaryl/α,β-unsaturated/α-hetero) is 1. The van der Waals surface area contributed by atoms with Crippen LogP contribution in [0.2, 0.25) is 0 Å². The molecule has 2 aliphatic rings. The fourth-order valence-electron chi connectivity index (χ4n) is 3.38. The van der Waals surface area contributed by atoms with E-state index in [9.17, 15) is 9.90 Å². The molecule has 0 aliphatic heterocycles. The normalized spacial score (nSPS) is 24.4. The highest BCUT2D eigenvalue weighted by Crippen LogP contribution is 2.49. The number of aliphatic hydroxyl groups excluding tert-OH is 1. The fourth-order valence-corrected chi connectivity index (χ4v) is 3.38. The summed E-state index contributed by atoms with van der Waals surface area (Å²) in [5.41, 5.74) is 8.76. The molecule has 0 unspecified atom stereocenters. The van der Waals surface area contributed by atoms with E-state index in [2.05, 4.69) is 9.97 Å². The van der Waals surface area contributed by atoms with E-state index in [1.54, 1.807) is 6.92 Å². The minimum absolute atomic E-state index is 0.000556. The lowest BCUT2D eigenvalue weighted by atomic mass is 9.71. The van der Waals surface area contributed by atoms with Crippen LogP contribution in [-0.4, -0.2) is 27.0 Å². The maximum Gasteiger partial charge on any atom is 0.220 e. The number of nitrogens with two attached hydrogens (primary N) is 1. The van der Waals surface area contributed by atoms with Crippen LogP contribution in [0.3, 0.4) is 0 Å². The summed E-state index contributed by atoms with van der Waals surface area (Å²) in [6.45, 7) is 5.75. The minimum atomic E-state index is -0.441. The van der Waals surface area contributed by atoms with Crippen molar-refractivity contribution in [3.8, 4) is 0 Å². The Hall–Kier alpha value is -1.75. The molecular weight excluding hydrogens is 242 g/mol. The Morgan fingerprint density at radius 1 is 1.37 bits per heavy atom. The van der Waals surface area contributed by atoms with Gasteiger partial charge in [-0.25, -0.2) is 9.97 Å². The van der Waals surface area contributed by atoms with Gasteiger partial charge in [0.15, 0.2) is 5.78 Å². The van der Waals surface area contributed by atoms with Crippen LogP contribution in [0.1, 0.15) is 48.4 Å². The molecule has 0 aromatic carbocycles. The van der Waals surface area contributed by atoms with Crippen LogP contribution < -0.4 is 5.73 Å². The quantitative estimate of drug-likeness (QED) is 0.737. The molecule has 0 saturated heterocycles. The standard InChI is InChI=1S/C14H17N3O2/c1-6-9-11(17-13(15)16-6)8-4-7(18)5-14(2,3)10(8)12(9)19/h7,18H,4-5H2,1-3H3,(H2,15,16,17)/t7-/m0/s1. The van der Waals surface area contributed by atoms with Gasteiger partial charge >= 0.3 is 0 Å². The number of carbonyl (C=O) groups excluding carboxylic acids is 1. The van der Waals surface area contributed by atoms with Crippen molar-refractivity contribution in [3.63, 3.8) is 0 Å². The van der Waals surface area contributed by atoms with Gasteiger partial charge in [0.1, 0.15) is 0 Å². The zero-order valence-corrected chi connectivity index (χ0v) is 11.3. The van der Waals surface area contributed by atoms with Gasteiger partial charge in [-0.3, -0.25) is 4.79 Å². The molecule has 0 spiro atoms. The molecule has 3 rings (SSSR count). The first-order valence-corrected chi connectivity index (χ1v) is 6.42. The zero-order chi connectivity index (χ0) is 13.9. The van der Waals surface area contributed by atoms with Gasteiger partial charge in [0.25, 0.3) is 0 Å². The summed E-state index contributed by atoms with van der Waals surface area (Å²) in [7, 11) is 0. The topological polar surface area (TPSA) is 89.1 Å². The summed E-state index contributed by atoms with van der Waals surface area (Å²) in [5.74, 6) is 0.176. The number of aromatic nitrogens is 2. The average Bonchev–Trinajstić information content (AvgIpc) is 2.51. The van der Waals surface area contributed by atoms with Gasteiger partial charge in [0.2, 0.25) is 5.95 Å². The van der Waals surface area contributed by atoms with Crippen molar-refractivity contribution in [2.45, 2.75) is 39.7 Å². The Bertz CT molecular complexity index is 632. The molecule has 100 valence electrons. The number of aliphatic hydroxyl groups is 1. The molecule has 2 aliphatic carbocycles. The molecule has 5 heteroatoms. The van der Waals surface area contributed by atoms with E-state index in [-0.39, 0.29) is 17.1 Å². The lowest BCUT2D eigenvalue weighted by Gasteiger charge is -2.34. The highest BCUT2D eigenvalue weighted by molar-refractivity contribution is 6.21. The third kappa shape index (κ3) is 1.61. The number of fused-ring (bicyclic) bond motifs is 2. The molecule has 0 radical (unpaired) electrons. The number of rotatable bonds is 0. The van der Waals surface area contributed by atoms with E-state index < -0.39 is 6.10 Å². The van der Waals surface area contributed by atoms with E-state index in [0.29, 0.717) is 29.8 Å². The molecule has 19 heavy (non-hydrogen) atoms. The summed E-state index contributed by atoms with van der Waals surface area (Å²) in [5, 5.41) is 10.0. The third-order valence-electron chi connectivity index (χ3n) is 4.01. The first-order chi connectivity index (χ1) is 8.81. The molecule has 1 heterocycles. The number of carbonyl (C=O) groups is 1. The molecule has 0 bridgehead atoms. The lowest BCUT2D eigenvalue weighted by Crippen LogP contribution is -2.30. The summed E-state index contributed by atoms with van der Waals surface area (Å²) in [6, 6.07) is 0. The Morgan fingerprint density at radius 2 is 2.05 bits per heavy atom. The maximum atomic E-state index is 12.6. The SMILES string of the molecule is Cc1nc(N)nc2c1C(=O)C1=C2C[C@H](O)CC1(C)C. The number of anilines is 1. The van der Waals surface area contributed by atoms with E-state index in [0.717, 1.165) is 11.1 Å². The van der Waals surface area contributed by atoms with Gasteiger partial charge in [-0.2, -0.15) is 0 Å². The number of nitrogen functional groups attached to an aromatic ring is 1. The number of nitrogens with zero attached hydrogens (tertiary/aromatic N) is 2. The second kappa shape index (κ2) is 3.63. The van der Waals surface area contributed by atoms with Crippen molar-refractivity contribution < 1.29 is 9.90 Å². The van der Waals surface area contributed by atoms with Gasteiger partial charge in [-0.05, 0) is 24.3 Å². The Labute approximate surface area is 111 Å². The average molecular weight is 259 g/mol. The minimum Gasteiger partial charge on any atom is -0.393 e. The summed E-state index contributed by atoms with van der Waals surface area (Å²) < 4.78 is 0. The number of aryl methyl sites for hydroxylation is 1. The van der Waals surface area contributed by atoms with Crippen molar-refractivity contribution in [3.05, 3.63) is 22.5 Å². The van der Waals surface area contributed by atoms with Gasteiger partial charge in [0.05, 0.1) is 23.1 Å². The molecule has 1 atom stereocenters. The van der Waals surface area contributed by atoms with Crippen LogP contribution in [0.4, 0.5) is 5.95 Å². The predicted octanol–water partition coefficient (Wildman–Crippen LogP) is 1.50. The van der Waals surface area contributed by atoms with E-state index in [1.165, 1.54) is 0 Å². The monoisotopic (exact) mass is 259 g/mol. The molecule has 5 nitrogen and oxygen atoms in total. The Kier molecular flexibility index (Phi) is 2.35. The second-order valence-electron chi connectivity index (χ2n) is 6.02. The predicted molar refractivity (Wildman–Crippen MR) is 71.5 cm³/mol.